The molecule has 1 amide bonds. The second kappa shape index (κ2) is 11.8. The zero-order valence-corrected chi connectivity index (χ0v) is 20.7. The van der Waals surface area contributed by atoms with Gasteiger partial charge in [-0.15, -0.1) is 0 Å². The smallest absolute Gasteiger partial charge is 0.260 e. The number of ether oxygens (including phenoxy) is 4. The lowest BCUT2D eigenvalue weighted by molar-refractivity contribution is -0.132. The van der Waals surface area contributed by atoms with Gasteiger partial charge in [-0.25, -0.2) is 13.1 Å². The second-order valence-electron chi connectivity index (χ2n) is 7.47. The molecule has 10 heteroatoms. The monoisotopic (exact) mass is 480 g/mol. The lowest BCUT2D eigenvalue weighted by Crippen LogP contribution is -2.32. The first-order valence-corrected chi connectivity index (χ1v) is 11.9. The van der Waals surface area contributed by atoms with E-state index in [9.17, 15) is 13.2 Å². The highest BCUT2D eigenvalue weighted by molar-refractivity contribution is 7.89. The third-order valence-electron chi connectivity index (χ3n) is 5.04. The Morgan fingerprint density at radius 1 is 1.03 bits per heavy atom. The number of amides is 1. The van der Waals surface area contributed by atoms with E-state index in [1.807, 2.05) is 6.92 Å². The summed E-state index contributed by atoms with van der Waals surface area (Å²) in [5, 5.41) is 0. The molecule has 1 atom stereocenters. The summed E-state index contributed by atoms with van der Waals surface area (Å²) in [4.78, 5) is 14.2. The van der Waals surface area contributed by atoms with E-state index in [4.69, 9.17) is 18.9 Å². The third kappa shape index (κ3) is 7.00. The second-order valence-corrected chi connectivity index (χ2v) is 9.19. The van der Waals surface area contributed by atoms with Gasteiger partial charge < -0.3 is 23.8 Å². The largest absolute Gasteiger partial charge is 0.493 e. The highest BCUT2D eigenvalue weighted by Gasteiger charge is 2.18. The molecule has 0 radical (unpaired) electrons. The van der Waals surface area contributed by atoms with Crippen LogP contribution < -0.4 is 23.7 Å². The Morgan fingerprint density at radius 2 is 1.61 bits per heavy atom. The first-order chi connectivity index (χ1) is 15.6. The van der Waals surface area contributed by atoms with Gasteiger partial charge in [0.05, 0.1) is 26.2 Å². The van der Waals surface area contributed by atoms with E-state index >= 15 is 0 Å². The molecule has 0 aliphatic rings. The van der Waals surface area contributed by atoms with E-state index in [-0.39, 0.29) is 23.5 Å². The average Bonchev–Trinajstić information content (AvgIpc) is 2.81. The Labute approximate surface area is 195 Å². The molecule has 0 fully saturated rings. The summed E-state index contributed by atoms with van der Waals surface area (Å²) in [7, 11) is 2.65. The van der Waals surface area contributed by atoms with Crippen LogP contribution in [0.1, 0.15) is 25.8 Å². The summed E-state index contributed by atoms with van der Waals surface area (Å²) < 4.78 is 48.8. The quantitative estimate of drug-likeness (QED) is 0.498. The van der Waals surface area contributed by atoms with Crippen molar-refractivity contribution in [3.63, 3.8) is 0 Å². The number of sulfonamides is 1. The summed E-state index contributed by atoms with van der Waals surface area (Å²) in [5.74, 6) is 1.63. The van der Waals surface area contributed by atoms with Gasteiger partial charge in [-0.2, -0.15) is 0 Å². The van der Waals surface area contributed by atoms with Crippen molar-refractivity contribution >= 4 is 15.9 Å². The van der Waals surface area contributed by atoms with Gasteiger partial charge in [-0.3, -0.25) is 4.79 Å². The van der Waals surface area contributed by atoms with Crippen molar-refractivity contribution in [2.75, 3.05) is 35.0 Å². The van der Waals surface area contributed by atoms with Crippen LogP contribution in [-0.2, 0) is 21.4 Å². The predicted octanol–water partition coefficient (Wildman–Crippen LogP) is 2.83. The molecule has 2 aromatic rings. The van der Waals surface area contributed by atoms with Crippen molar-refractivity contribution in [2.45, 2.75) is 37.8 Å². The van der Waals surface area contributed by atoms with Crippen LogP contribution in [0.4, 0.5) is 0 Å². The van der Waals surface area contributed by atoms with Crippen LogP contribution in [0.3, 0.4) is 0 Å². The third-order valence-corrected chi connectivity index (χ3v) is 6.64. The average molecular weight is 481 g/mol. The van der Waals surface area contributed by atoms with Crippen LogP contribution in [0, 0.1) is 0 Å². The van der Waals surface area contributed by atoms with Crippen molar-refractivity contribution in [2.24, 2.45) is 0 Å². The molecule has 0 unspecified atom stereocenters. The molecule has 0 aliphatic heterocycles. The SMILES string of the molecule is CC[C@@H](C)NS(=O)(=O)c1ccc(OCC(=O)N(C)Cc2cc(OC)c(OC)c(OC)c2)cc1. The van der Waals surface area contributed by atoms with E-state index in [1.54, 1.807) is 26.1 Å². The normalized spacial score (nSPS) is 12.1. The van der Waals surface area contributed by atoms with E-state index < -0.39 is 10.0 Å². The Balaban J connectivity index is 1.99. The maximum atomic E-state index is 12.5. The summed E-state index contributed by atoms with van der Waals surface area (Å²) in [6.45, 7) is 3.81. The number of hydrogen-bond donors (Lipinski definition) is 1. The zero-order valence-electron chi connectivity index (χ0n) is 19.9. The minimum Gasteiger partial charge on any atom is -0.493 e. The number of rotatable bonds is 12. The summed E-state index contributed by atoms with van der Waals surface area (Å²) in [6, 6.07) is 9.34. The van der Waals surface area contributed by atoms with Gasteiger partial charge in [0.2, 0.25) is 15.8 Å². The van der Waals surface area contributed by atoms with Crippen LogP contribution in [0.25, 0.3) is 0 Å². The molecule has 0 spiro atoms. The summed E-state index contributed by atoms with van der Waals surface area (Å²) >= 11 is 0. The minimum atomic E-state index is -3.59. The molecule has 0 aliphatic carbocycles. The number of nitrogens with zero attached hydrogens (tertiary/aromatic N) is 1. The van der Waals surface area contributed by atoms with Crippen molar-refractivity contribution in [1.82, 2.24) is 9.62 Å². The van der Waals surface area contributed by atoms with Gasteiger partial charge >= 0.3 is 0 Å². The van der Waals surface area contributed by atoms with Crippen LogP contribution in [-0.4, -0.2) is 60.3 Å². The van der Waals surface area contributed by atoms with Crippen molar-refractivity contribution < 1.29 is 32.2 Å². The van der Waals surface area contributed by atoms with Crippen molar-refractivity contribution in [3.05, 3.63) is 42.0 Å². The van der Waals surface area contributed by atoms with Crippen molar-refractivity contribution in [1.29, 1.82) is 0 Å². The van der Waals surface area contributed by atoms with Gasteiger partial charge in [-0.1, -0.05) is 6.92 Å². The zero-order chi connectivity index (χ0) is 24.6. The molecule has 182 valence electrons. The van der Waals surface area contributed by atoms with Gasteiger partial charge in [0.15, 0.2) is 18.1 Å². The van der Waals surface area contributed by atoms with Gasteiger partial charge in [-0.05, 0) is 55.3 Å². The minimum absolute atomic E-state index is 0.140. The number of hydrogen-bond acceptors (Lipinski definition) is 7. The lowest BCUT2D eigenvalue weighted by atomic mass is 10.1. The van der Waals surface area contributed by atoms with Gasteiger partial charge in [0.1, 0.15) is 5.75 Å². The number of carbonyl (C=O) groups is 1. The van der Waals surface area contributed by atoms with E-state index in [0.29, 0.717) is 36.0 Å². The van der Waals surface area contributed by atoms with Crippen LogP contribution >= 0.6 is 0 Å². The molecule has 0 saturated carbocycles. The van der Waals surface area contributed by atoms with Crippen LogP contribution in [0.15, 0.2) is 41.3 Å². The van der Waals surface area contributed by atoms with E-state index in [2.05, 4.69) is 4.72 Å². The highest BCUT2D eigenvalue weighted by atomic mass is 32.2. The summed E-state index contributed by atoms with van der Waals surface area (Å²) in [6.07, 6.45) is 0.687. The van der Waals surface area contributed by atoms with Crippen LogP contribution in [0.2, 0.25) is 0 Å². The standard InChI is InChI=1S/C23H32N2O7S/c1-7-16(2)24-33(27,28)19-10-8-18(9-11-19)32-15-22(26)25(3)14-17-12-20(29-4)23(31-6)21(13-17)30-5/h8-13,16,24H,7,14-15H2,1-6H3/t16-/m1/s1. The molecular formula is C23H32N2O7S. The number of benzene rings is 2. The van der Waals surface area contributed by atoms with E-state index in [0.717, 1.165) is 5.56 Å². The first kappa shape index (κ1) is 26.3. The number of nitrogens with one attached hydrogen (secondary N) is 1. The molecule has 0 saturated heterocycles. The molecular weight excluding hydrogens is 448 g/mol. The lowest BCUT2D eigenvalue weighted by Gasteiger charge is -2.20. The highest BCUT2D eigenvalue weighted by Crippen LogP contribution is 2.38. The Bertz CT molecular complexity index is 1010. The number of likely N-dealkylation sites (N-methyl/N-ethyl adjacent to an activating group) is 1. The topological polar surface area (TPSA) is 103 Å². The first-order valence-electron chi connectivity index (χ1n) is 10.4. The summed E-state index contributed by atoms with van der Waals surface area (Å²) in [5.41, 5.74) is 0.795. The maximum Gasteiger partial charge on any atom is 0.260 e. The molecule has 0 bridgehead atoms. The van der Waals surface area contributed by atoms with Gasteiger partial charge in [0.25, 0.3) is 5.91 Å². The fraction of sp³-hybridized carbons (Fsp3) is 0.435. The molecule has 2 aromatic carbocycles. The molecule has 0 heterocycles. The molecule has 2 rings (SSSR count). The number of carbonyl (C=O) groups excluding carboxylic acids is 1. The van der Waals surface area contributed by atoms with Crippen LogP contribution in [0.5, 0.6) is 23.0 Å². The van der Waals surface area contributed by atoms with Gasteiger partial charge in [0, 0.05) is 19.6 Å². The fourth-order valence-electron chi connectivity index (χ4n) is 2.98. The molecule has 33 heavy (non-hydrogen) atoms. The Morgan fingerprint density at radius 3 is 2.09 bits per heavy atom. The van der Waals surface area contributed by atoms with E-state index in [1.165, 1.54) is 50.5 Å². The molecule has 1 N–H and O–H groups in total. The predicted molar refractivity (Wildman–Crippen MR) is 125 cm³/mol. The number of methoxy groups -OCH3 is 3. The maximum absolute atomic E-state index is 12.5. The Hall–Kier alpha value is -2.98. The fourth-order valence-corrected chi connectivity index (χ4v) is 4.30. The molecule has 0 aromatic heterocycles. The van der Waals surface area contributed by atoms with Crippen molar-refractivity contribution in [3.8, 4) is 23.0 Å². The Kier molecular flexibility index (Phi) is 9.36. The molecule has 9 nitrogen and oxygen atoms in total.